The van der Waals surface area contributed by atoms with Crippen LogP contribution < -0.4 is 18.9 Å². The molecule has 45 heavy (non-hydrogen) atoms. The Kier molecular flexibility index (Phi) is 7.43. The van der Waals surface area contributed by atoms with E-state index in [1.165, 1.54) is 18.9 Å². The molecule has 2 aromatic carbocycles. The zero-order valence-electron chi connectivity index (χ0n) is 25.9. The predicted octanol–water partition coefficient (Wildman–Crippen LogP) is 3.78. The molecule has 0 spiro atoms. The third-order valence-corrected chi connectivity index (χ3v) is 10.9. The number of hydrogen-bond acceptors (Lipinski definition) is 13. The van der Waals surface area contributed by atoms with Crippen LogP contribution in [-0.4, -0.2) is 87.6 Å². The van der Waals surface area contributed by atoms with Gasteiger partial charge >= 0.3 is 5.97 Å². The fourth-order valence-corrected chi connectivity index (χ4v) is 9.21. The second kappa shape index (κ2) is 11.2. The summed E-state index contributed by atoms with van der Waals surface area (Å²) in [6.45, 7) is 3.70. The minimum Gasteiger partial charge on any atom is -0.507 e. The van der Waals surface area contributed by atoms with Gasteiger partial charge in [-0.1, -0.05) is 6.07 Å². The van der Waals surface area contributed by atoms with Crippen molar-refractivity contribution in [2.24, 2.45) is 0 Å². The lowest BCUT2D eigenvalue weighted by molar-refractivity contribution is -0.148. The number of fused-ring (bicyclic) bond motifs is 9. The molecule has 6 atom stereocenters. The van der Waals surface area contributed by atoms with Crippen molar-refractivity contribution in [3.05, 3.63) is 50.6 Å². The van der Waals surface area contributed by atoms with Crippen LogP contribution in [0.3, 0.4) is 0 Å². The monoisotopic (exact) mass is 637 g/mol. The van der Waals surface area contributed by atoms with Gasteiger partial charge in [-0.15, -0.1) is 11.8 Å². The molecule has 0 aromatic heterocycles. The average molecular weight is 638 g/mol. The Morgan fingerprint density at radius 1 is 1.09 bits per heavy atom. The number of aromatic hydroxyl groups is 1. The third kappa shape index (κ3) is 4.19. The van der Waals surface area contributed by atoms with Gasteiger partial charge in [0, 0.05) is 46.9 Å². The summed E-state index contributed by atoms with van der Waals surface area (Å²) in [5.74, 6) is 1.70. The second-order valence-corrected chi connectivity index (χ2v) is 12.8. The van der Waals surface area contributed by atoms with Crippen molar-refractivity contribution in [3.8, 4) is 34.8 Å². The Hall–Kier alpha value is -3.83. The minimum absolute atomic E-state index is 0.00404. The van der Waals surface area contributed by atoms with Crippen LogP contribution in [0.2, 0.25) is 0 Å². The molecule has 5 aliphatic rings. The van der Waals surface area contributed by atoms with Gasteiger partial charge in [-0.25, -0.2) is 4.79 Å². The van der Waals surface area contributed by atoms with Crippen LogP contribution in [-0.2, 0) is 25.4 Å². The number of carbonyl (C=O) groups excluding carboxylic acids is 1. The van der Waals surface area contributed by atoms with Crippen LogP contribution in [0.25, 0.3) is 0 Å². The van der Waals surface area contributed by atoms with Gasteiger partial charge in [0.05, 0.1) is 37.6 Å². The van der Waals surface area contributed by atoms with Gasteiger partial charge in [-0.2, -0.15) is 5.26 Å². The highest BCUT2D eigenvalue weighted by Crippen LogP contribution is 2.64. The van der Waals surface area contributed by atoms with Crippen LogP contribution in [0.4, 0.5) is 0 Å². The fourth-order valence-electron chi connectivity index (χ4n) is 7.92. The summed E-state index contributed by atoms with van der Waals surface area (Å²) in [7, 11) is 6.65. The molecule has 7 rings (SSSR count). The number of rotatable bonds is 5. The van der Waals surface area contributed by atoms with Gasteiger partial charge in [0.2, 0.25) is 12.6 Å². The molecule has 0 amide bonds. The molecule has 0 aliphatic carbocycles. The molecule has 1 fully saturated rings. The van der Waals surface area contributed by atoms with Crippen LogP contribution in [0, 0.1) is 25.2 Å². The molecule has 2 aromatic rings. The van der Waals surface area contributed by atoms with E-state index in [0.29, 0.717) is 46.1 Å². The van der Waals surface area contributed by atoms with E-state index >= 15 is 0 Å². The zero-order valence-corrected chi connectivity index (χ0v) is 26.7. The summed E-state index contributed by atoms with van der Waals surface area (Å²) < 4.78 is 40.7. The molecule has 5 aliphatic heterocycles. The van der Waals surface area contributed by atoms with E-state index in [0.717, 1.165) is 16.7 Å². The van der Waals surface area contributed by atoms with Crippen molar-refractivity contribution in [3.63, 3.8) is 0 Å². The van der Waals surface area contributed by atoms with E-state index in [9.17, 15) is 15.2 Å². The highest BCUT2D eigenvalue weighted by Gasteiger charge is 2.60. The van der Waals surface area contributed by atoms with Gasteiger partial charge in [0.1, 0.15) is 18.4 Å². The van der Waals surface area contributed by atoms with E-state index in [4.69, 9.17) is 33.2 Å². The first kappa shape index (κ1) is 29.9. The number of nitrogens with zero attached hydrogens (tertiary/aromatic N) is 3. The molecule has 1 N–H and O–H groups in total. The molecular formula is C32H35N3O9S. The first-order valence-electron chi connectivity index (χ1n) is 14.7. The maximum absolute atomic E-state index is 13.1. The van der Waals surface area contributed by atoms with E-state index in [-0.39, 0.29) is 43.8 Å². The summed E-state index contributed by atoms with van der Waals surface area (Å²) in [6, 6.07) is 2.57. The van der Waals surface area contributed by atoms with Crippen molar-refractivity contribution in [1.82, 2.24) is 9.80 Å². The fraction of sp³-hybridized carbons (Fsp3) is 0.500. The molecular weight excluding hydrogens is 602 g/mol. The summed E-state index contributed by atoms with van der Waals surface area (Å²) in [6.07, 6.45) is 0.583. The first-order chi connectivity index (χ1) is 21.8. The van der Waals surface area contributed by atoms with Crippen molar-refractivity contribution in [1.29, 1.82) is 5.26 Å². The number of esters is 1. The number of nitriles is 1. The molecule has 13 heteroatoms. The number of phenolic OH excluding ortho intramolecular Hbond substituents is 1. The van der Waals surface area contributed by atoms with Gasteiger partial charge in [-0.3, -0.25) is 9.80 Å². The smallest absolute Gasteiger partial charge is 0.374 e. The largest absolute Gasteiger partial charge is 0.507 e. The van der Waals surface area contributed by atoms with Crippen LogP contribution >= 0.6 is 11.8 Å². The van der Waals surface area contributed by atoms with Crippen LogP contribution in [0.15, 0.2) is 17.2 Å². The highest BCUT2D eigenvalue weighted by atomic mass is 32.2. The van der Waals surface area contributed by atoms with Gasteiger partial charge < -0.3 is 38.3 Å². The van der Waals surface area contributed by atoms with Crippen LogP contribution in [0.1, 0.15) is 50.7 Å². The Bertz CT molecular complexity index is 1660. The molecule has 1 saturated heterocycles. The summed E-state index contributed by atoms with van der Waals surface area (Å²) >= 11 is 1.34. The third-order valence-electron chi connectivity index (χ3n) is 9.74. The normalized spacial score (nSPS) is 29.4. The maximum atomic E-state index is 13.1. The summed E-state index contributed by atoms with van der Waals surface area (Å²) in [4.78, 5) is 17.5. The number of aryl methyl sites for hydroxylation is 1. The molecule has 238 valence electrons. The Balaban J connectivity index is 1.55. The van der Waals surface area contributed by atoms with Crippen molar-refractivity contribution in [2.45, 2.75) is 55.7 Å². The van der Waals surface area contributed by atoms with Gasteiger partial charge in [-0.05, 0) is 38.4 Å². The standard InChI is InChI=1S/C32H35N3O9S/c1-14-7-16-8-17-18(9-33)35-19-10-41-32(37)20(39-5)11-45-31(23-22(19)30-28(43-13-44-30)15(2)26(23)36)25(35)24(34(17)3)21(16)29(27(14)40-6)42-12-38-4/h7,11,17-19,24-25,31,36H,8,10,12-13H2,1-6H3/b20-11+/t17-,18-,19-,24+,25?,31+/m0/s1. The van der Waals surface area contributed by atoms with E-state index < -0.39 is 29.3 Å². The zero-order chi connectivity index (χ0) is 31.7. The SMILES string of the molecule is COCOc1c(OC)c(C)cc2c1[C@@H]1C3[C@@H]4S/C=C(/OC)C(=O)OC[C@@H](c5c6c(c(C)c(O)c54)OCO6)N3[C@@H](C#N)[C@H](C2)N1C. The Morgan fingerprint density at radius 3 is 2.58 bits per heavy atom. The van der Waals surface area contributed by atoms with Gasteiger partial charge in [0.15, 0.2) is 29.8 Å². The van der Waals surface area contributed by atoms with E-state index in [1.54, 1.807) is 26.6 Å². The van der Waals surface area contributed by atoms with Crippen molar-refractivity contribution >= 4 is 17.7 Å². The van der Waals surface area contributed by atoms with E-state index in [1.807, 2.05) is 14.0 Å². The second-order valence-electron chi connectivity index (χ2n) is 11.8. The quantitative estimate of drug-likeness (QED) is 0.377. The molecule has 0 saturated carbocycles. The topological polar surface area (TPSA) is 132 Å². The number of likely N-dealkylation sites (N-methyl/N-ethyl adjacent to an activating group) is 1. The maximum Gasteiger partial charge on any atom is 0.374 e. The number of methoxy groups -OCH3 is 3. The number of thioether (sulfide) groups is 1. The Labute approximate surface area is 265 Å². The number of ether oxygens (including phenoxy) is 7. The average Bonchev–Trinajstić information content (AvgIpc) is 3.52. The summed E-state index contributed by atoms with van der Waals surface area (Å²) in [5, 5.41) is 23.9. The Morgan fingerprint density at radius 2 is 1.87 bits per heavy atom. The minimum atomic E-state index is -0.635. The molecule has 4 bridgehead atoms. The lowest BCUT2D eigenvalue weighted by Crippen LogP contribution is -2.69. The number of piperazine rings is 1. The van der Waals surface area contributed by atoms with Crippen molar-refractivity contribution in [2.75, 3.05) is 48.6 Å². The van der Waals surface area contributed by atoms with E-state index in [2.05, 4.69) is 21.9 Å². The summed E-state index contributed by atoms with van der Waals surface area (Å²) in [5.41, 5.74) is 4.82. The van der Waals surface area contributed by atoms with Crippen LogP contribution in [0.5, 0.6) is 28.7 Å². The molecule has 1 unspecified atom stereocenters. The highest BCUT2D eigenvalue weighted by molar-refractivity contribution is 8.02. The molecule has 5 heterocycles. The first-order valence-corrected chi connectivity index (χ1v) is 15.6. The lowest BCUT2D eigenvalue weighted by Gasteiger charge is -2.61. The molecule has 0 radical (unpaired) electrons. The lowest BCUT2D eigenvalue weighted by atomic mass is 9.71. The van der Waals surface area contributed by atoms with Gasteiger partial charge in [0.25, 0.3) is 0 Å². The number of cyclic esters (lactones) is 1. The predicted molar refractivity (Wildman–Crippen MR) is 161 cm³/mol. The number of carbonyl (C=O) groups is 1. The van der Waals surface area contributed by atoms with Crippen molar-refractivity contribution < 1.29 is 43.1 Å². The number of hydrogen-bond donors (Lipinski definition) is 1. The molecule has 12 nitrogen and oxygen atoms in total. The number of benzene rings is 2. The number of phenols is 1.